The highest BCUT2D eigenvalue weighted by molar-refractivity contribution is 6.28. The van der Waals surface area contributed by atoms with Crippen LogP contribution in [-0.2, 0) is 0 Å². The van der Waals surface area contributed by atoms with Crippen molar-refractivity contribution >= 4 is 17.2 Å². The molecule has 0 aromatic carbocycles. The fourth-order valence-electron chi connectivity index (χ4n) is 1.99. The van der Waals surface area contributed by atoms with Crippen LogP contribution in [0.1, 0.15) is 25.6 Å². The Morgan fingerprint density at radius 2 is 2.05 bits per heavy atom. The first-order valence-corrected chi connectivity index (χ1v) is 6.47. The minimum absolute atomic E-state index is 0.00864. The predicted molar refractivity (Wildman–Crippen MR) is 73.1 cm³/mol. The maximum Gasteiger partial charge on any atom is 0.223 e. The molecule has 3 rings (SSSR count). The highest BCUT2D eigenvalue weighted by Crippen LogP contribution is 2.23. The van der Waals surface area contributed by atoms with E-state index in [1.165, 1.54) is 0 Å². The summed E-state index contributed by atoms with van der Waals surface area (Å²) in [5.74, 6) is 0.495. The fourth-order valence-corrected chi connectivity index (χ4v) is 2.12. The lowest BCUT2D eigenvalue weighted by atomic mass is 10.2. The average molecular weight is 292 g/mol. The fraction of sp³-hybridized carbons (Fsp3) is 0.231. The van der Waals surface area contributed by atoms with E-state index in [1.807, 2.05) is 18.2 Å². The van der Waals surface area contributed by atoms with E-state index in [1.54, 1.807) is 18.3 Å². The second-order valence-electron chi connectivity index (χ2n) is 4.69. The zero-order valence-electron chi connectivity index (χ0n) is 10.9. The molecule has 20 heavy (non-hydrogen) atoms. The summed E-state index contributed by atoms with van der Waals surface area (Å²) in [6.07, 6.45) is 2.82. The third kappa shape index (κ3) is 2.12. The topological polar surface area (TPSA) is 56.0 Å². The summed E-state index contributed by atoms with van der Waals surface area (Å²) < 4.78 is 15.6. The van der Waals surface area contributed by atoms with E-state index in [0.717, 1.165) is 12.0 Å². The molecule has 0 aliphatic heterocycles. The highest BCUT2D eigenvalue weighted by atomic mass is 35.5. The molecule has 3 aromatic heterocycles. The maximum atomic E-state index is 13.8. The normalized spacial score (nSPS) is 11.4. The van der Waals surface area contributed by atoms with Crippen molar-refractivity contribution in [3.8, 4) is 11.3 Å². The Morgan fingerprint density at radius 1 is 1.25 bits per heavy atom. The van der Waals surface area contributed by atoms with Gasteiger partial charge in [-0.1, -0.05) is 13.8 Å². The maximum absolute atomic E-state index is 13.8. The van der Waals surface area contributed by atoms with Gasteiger partial charge in [0.1, 0.15) is 11.5 Å². The van der Waals surface area contributed by atoms with Crippen molar-refractivity contribution in [1.82, 2.24) is 24.6 Å². The van der Waals surface area contributed by atoms with Crippen LogP contribution in [0.5, 0.6) is 0 Å². The Kier molecular flexibility index (Phi) is 3.10. The summed E-state index contributed by atoms with van der Waals surface area (Å²) in [6.45, 7) is 4.04. The van der Waals surface area contributed by atoms with Gasteiger partial charge < -0.3 is 0 Å². The lowest BCUT2D eigenvalue weighted by Crippen LogP contribution is -1.99. The molecule has 0 atom stereocenters. The van der Waals surface area contributed by atoms with E-state index in [4.69, 9.17) is 11.6 Å². The average Bonchev–Trinajstić information content (AvgIpc) is 2.84. The van der Waals surface area contributed by atoms with Crippen LogP contribution in [-0.4, -0.2) is 24.6 Å². The number of aromatic nitrogens is 5. The van der Waals surface area contributed by atoms with Crippen molar-refractivity contribution in [2.45, 2.75) is 19.8 Å². The summed E-state index contributed by atoms with van der Waals surface area (Å²) in [5, 5.41) is 8.21. The third-order valence-electron chi connectivity index (χ3n) is 2.93. The van der Waals surface area contributed by atoms with E-state index in [-0.39, 0.29) is 16.9 Å². The molecule has 0 spiro atoms. The lowest BCUT2D eigenvalue weighted by molar-refractivity contribution is 0.618. The largest absolute Gasteiger partial charge is 0.286 e. The number of halogens is 2. The third-order valence-corrected chi connectivity index (χ3v) is 3.12. The van der Waals surface area contributed by atoms with Crippen LogP contribution < -0.4 is 0 Å². The summed E-state index contributed by atoms with van der Waals surface area (Å²) >= 11 is 5.73. The first kappa shape index (κ1) is 12.9. The van der Waals surface area contributed by atoms with E-state index in [9.17, 15) is 4.39 Å². The molecule has 0 unspecified atom stereocenters. The quantitative estimate of drug-likeness (QED) is 0.681. The van der Waals surface area contributed by atoms with Gasteiger partial charge in [-0.15, -0.1) is 10.2 Å². The van der Waals surface area contributed by atoms with Crippen LogP contribution in [0.3, 0.4) is 0 Å². The van der Waals surface area contributed by atoms with Crippen molar-refractivity contribution in [3.63, 3.8) is 0 Å². The van der Waals surface area contributed by atoms with Crippen molar-refractivity contribution in [2.75, 3.05) is 0 Å². The number of fused-ring (bicyclic) bond motifs is 1. The van der Waals surface area contributed by atoms with Crippen molar-refractivity contribution < 1.29 is 4.39 Å². The Morgan fingerprint density at radius 3 is 2.80 bits per heavy atom. The number of rotatable bonds is 2. The Labute approximate surface area is 119 Å². The van der Waals surface area contributed by atoms with Gasteiger partial charge in [0.15, 0.2) is 11.5 Å². The highest BCUT2D eigenvalue weighted by Gasteiger charge is 2.13. The summed E-state index contributed by atoms with van der Waals surface area (Å²) in [4.78, 5) is 7.54. The minimum Gasteiger partial charge on any atom is -0.286 e. The zero-order chi connectivity index (χ0) is 14.3. The minimum atomic E-state index is -0.520. The molecule has 0 saturated carbocycles. The number of hydrogen-bond acceptors (Lipinski definition) is 4. The Hall–Kier alpha value is -2.08. The van der Waals surface area contributed by atoms with E-state index >= 15 is 0 Å². The molecule has 0 radical (unpaired) electrons. The first-order chi connectivity index (χ1) is 9.56. The summed E-state index contributed by atoms with van der Waals surface area (Å²) in [5.41, 5.74) is 1.47. The van der Waals surface area contributed by atoms with Gasteiger partial charge in [0, 0.05) is 17.7 Å². The zero-order valence-corrected chi connectivity index (χ0v) is 11.6. The molecule has 0 N–H and O–H groups in total. The predicted octanol–water partition coefficient (Wildman–Crippen LogP) is 3.10. The number of hydrogen-bond donors (Lipinski definition) is 0. The van der Waals surface area contributed by atoms with E-state index in [2.05, 4.69) is 20.2 Å². The monoisotopic (exact) mass is 291 g/mol. The molecule has 3 heterocycles. The molecule has 0 amide bonds. The molecule has 102 valence electrons. The van der Waals surface area contributed by atoms with E-state index < -0.39 is 5.82 Å². The molecular formula is C13H11ClFN5. The lowest BCUT2D eigenvalue weighted by Gasteiger charge is -2.06. The molecule has 0 aliphatic carbocycles. The molecule has 0 bridgehead atoms. The van der Waals surface area contributed by atoms with Crippen LogP contribution in [0.25, 0.3) is 16.9 Å². The van der Waals surface area contributed by atoms with Crippen LogP contribution in [0.15, 0.2) is 24.5 Å². The van der Waals surface area contributed by atoms with Gasteiger partial charge in [0.2, 0.25) is 5.28 Å². The summed E-state index contributed by atoms with van der Waals surface area (Å²) in [7, 11) is 0. The van der Waals surface area contributed by atoms with Gasteiger partial charge in [0.25, 0.3) is 0 Å². The SMILES string of the molecule is CC(C)c1nnc2ccc(-c3nc(Cl)ncc3F)cn12. The molecule has 0 saturated heterocycles. The standard InChI is InChI=1S/C13H11ClFN5/c1-7(2)12-19-18-10-4-3-8(6-20(10)12)11-9(15)5-16-13(14)17-11/h3-7H,1-2H3. The smallest absolute Gasteiger partial charge is 0.223 e. The molecule has 5 nitrogen and oxygen atoms in total. The summed E-state index contributed by atoms with van der Waals surface area (Å²) in [6, 6.07) is 3.50. The van der Waals surface area contributed by atoms with Crippen LogP contribution in [0.2, 0.25) is 5.28 Å². The van der Waals surface area contributed by atoms with Gasteiger partial charge in [-0.05, 0) is 23.7 Å². The van der Waals surface area contributed by atoms with Gasteiger partial charge in [-0.2, -0.15) is 0 Å². The second kappa shape index (κ2) is 4.79. The first-order valence-electron chi connectivity index (χ1n) is 6.09. The van der Waals surface area contributed by atoms with E-state index in [0.29, 0.717) is 11.2 Å². The van der Waals surface area contributed by atoms with Crippen molar-refractivity contribution in [3.05, 3.63) is 41.5 Å². The molecule has 0 aliphatic rings. The van der Waals surface area contributed by atoms with Crippen LogP contribution >= 0.6 is 11.6 Å². The second-order valence-corrected chi connectivity index (χ2v) is 5.03. The van der Waals surface area contributed by atoms with Crippen LogP contribution in [0.4, 0.5) is 4.39 Å². The van der Waals surface area contributed by atoms with Gasteiger partial charge in [-0.3, -0.25) is 4.40 Å². The Bertz CT molecular complexity index is 784. The van der Waals surface area contributed by atoms with Crippen LogP contribution in [0, 0.1) is 5.82 Å². The number of nitrogens with zero attached hydrogens (tertiary/aromatic N) is 5. The molecular weight excluding hydrogens is 281 g/mol. The Balaban J connectivity index is 2.21. The van der Waals surface area contributed by atoms with Crippen molar-refractivity contribution in [1.29, 1.82) is 0 Å². The molecule has 7 heteroatoms. The molecule has 0 fully saturated rings. The van der Waals surface area contributed by atoms with Gasteiger partial charge >= 0.3 is 0 Å². The van der Waals surface area contributed by atoms with Crippen molar-refractivity contribution in [2.24, 2.45) is 0 Å². The van der Waals surface area contributed by atoms with Gasteiger partial charge in [0.05, 0.1) is 6.20 Å². The number of pyridine rings is 1. The van der Waals surface area contributed by atoms with Gasteiger partial charge in [-0.25, -0.2) is 14.4 Å². The molecule has 3 aromatic rings.